The number of nitrogens with one attached hydrogen (secondary N) is 1. The molecule has 2 rings (SSSR count). The number of carboxylic acid groups (broad SMARTS) is 1. The van der Waals surface area contributed by atoms with Crippen molar-refractivity contribution in [2.24, 2.45) is 0 Å². The molecule has 0 saturated heterocycles. The first-order chi connectivity index (χ1) is 10.1. The Hall–Kier alpha value is -2.18. The molecule has 112 valence electrons. The molecule has 0 spiro atoms. The van der Waals surface area contributed by atoms with Gasteiger partial charge in [-0.05, 0) is 26.2 Å². The van der Waals surface area contributed by atoms with Crippen molar-refractivity contribution in [1.29, 1.82) is 0 Å². The molecule has 1 atom stereocenters. The molecule has 1 aromatic heterocycles. The summed E-state index contributed by atoms with van der Waals surface area (Å²) in [6, 6.07) is 8.86. The number of carboxylic acids is 1. The molecule has 0 fully saturated rings. The molecule has 1 unspecified atom stereocenters. The number of likely N-dealkylation sites (N-methyl/N-ethyl adjacent to an activating group) is 1. The van der Waals surface area contributed by atoms with Gasteiger partial charge < -0.3 is 10.0 Å². The molecule has 0 aliphatic rings. The van der Waals surface area contributed by atoms with Gasteiger partial charge in [0, 0.05) is 24.8 Å². The van der Waals surface area contributed by atoms with Crippen molar-refractivity contribution < 1.29 is 9.90 Å². The highest BCUT2D eigenvalue weighted by Crippen LogP contribution is 2.15. The molecule has 0 saturated carbocycles. The van der Waals surface area contributed by atoms with E-state index in [1.807, 2.05) is 49.3 Å². The minimum absolute atomic E-state index is 0.598. The Labute approximate surface area is 124 Å². The van der Waals surface area contributed by atoms with Crippen LogP contribution >= 0.6 is 0 Å². The van der Waals surface area contributed by atoms with Gasteiger partial charge in [0.2, 0.25) is 0 Å². The first-order valence-corrected chi connectivity index (χ1v) is 6.79. The van der Waals surface area contributed by atoms with E-state index in [2.05, 4.69) is 10.4 Å². The average molecular weight is 288 g/mol. The summed E-state index contributed by atoms with van der Waals surface area (Å²) in [6.45, 7) is 1.37. The maximum absolute atomic E-state index is 11.4. The Morgan fingerprint density at radius 3 is 2.71 bits per heavy atom. The number of hydrogen-bond acceptors (Lipinski definition) is 4. The Morgan fingerprint density at radius 2 is 2.10 bits per heavy atom. The van der Waals surface area contributed by atoms with E-state index in [1.165, 1.54) is 0 Å². The second-order valence-electron chi connectivity index (χ2n) is 5.08. The minimum atomic E-state index is -0.902. The summed E-state index contributed by atoms with van der Waals surface area (Å²) in [5, 5.41) is 16.6. The van der Waals surface area contributed by atoms with Gasteiger partial charge >= 0.3 is 5.97 Å². The van der Waals surface area contributed by atoms with E-state index in [0.717, 1.165) is 12.2 Å². The topological polar surface area (TPSA) is 70.4 Å². The van der Waals surface area contributed by atoms with Crippen LogP contribution in [0.15, 0.2) is 42.7 Å². The zero-order valence-electron chi connectivity index (χ0n) is 12.2. The summed E-state index contributed by atoms with van der Waals surface area (Å²) in [4.78, 5) is 13.4. The summed E-state index contributed by atoms with van der Waals surface area (Å²) in [6.07, 6.45) is 3.34. The average Bonchev–Trinajstić information content (AvgIpc) is 2.93. The van der Waals surface area contributed by atoms with Crippen LogP contribution in [0.4, 0.5) is 0 Å². The van der Waals surface area contributed by atoms with Gasteiger partial charge in [0.25, 0.3) is 0 Å². The molecular formula is C15H20N4O2. The second kappa shape index (κ2) is 7.01. The van der Waals surface area contributed by atoms with Crippen LogP contribution in [-0.2, 0) is 4.79 Å². The van der Waals surface area contributed by atoms with Gasteiger partial charge in [0.15, 0.2) is 0 Å². The molecule has 0 aliphatic heterocycles. The smallest absolute Gasteiger partial charge is 0.325 e. The van der Waals surface area contributed by atoms with E-state index >= 15 is 0 Å². The lowest BCUT2D eigenvalue weighted by atomic mass is 10.1. The second-order valence-corrected chi connectivity index (χ2v) is 5.08. The molecule has 2 aromatic rings. The summed E-state index contributed by atoms with van der Waals surface area (Å²) in [5.41, 5.74) is 1.55. The standard InChI is InChI=1S/C15H20N4O2/c1-18(2)9-8-16-14(15(20)21)12-10-17-19(11-12)13-6-4-3-5-7-13/h3-7,10-11,14,16H,8-9H2,1-2H3,(H,20,21). The van der Waals surface area contributed by atoms with Crippen LogP contribution < -0.4 is 5.32 Å². The fraction of sp³-hybridized carbons (Fsp3) is 0.333. The maximum Gasteiger partial charge on any atom is 0.325 e. The molecule has 0 aliphatic carbocycles. The fourth-order valence-electron chi connectivity index (χ4n) is 1.99. The van der Waals surface area contributed by atoms with Gasteiger partial charge in [-0.15, -0.1) is 0 Å². The van der Waals surface area contributed by atoms with Gasteiger partial charge in [-0.3, -0.25) is 10.1 Å². The molecular weight excluding hydrogens is 268 g/mol. The van der Waals surface area contributed by atoms with Crippen LogP contribution in [0.2, 0.25) is 0 Å². The molecule has 0 amide bonds. The first kappa shape index (κ1) is 15.2. The van der Waals surface area contributed by atoms with Crippen LogP contribution in [0.25, 0.3) is 5.69 Å². The third-order valence-electron chi connectivity index (χ3n) is 3.11. The maximum atomic E-state index is 11.4. The zero-order valence-corrected chi connectivity index (χ0v) is 12.2. The zero-order chi connectivity index (χ0) is 15.2. The molecule has 6 nitrogen and oxygen atoms in total. The number of hydrogen-bond donors (Lipinski definition) is 2. The van der Waals surface area contributed by atoms with Crippen LogP contribution in [0, 0.1) is 0 Å². The first-order valence-electron chi connectivity index (χ1n) is 6.79. The van der Waals surface area contributed by atoms with Gasteiger partial charge in [-0.25, -0.2) is 4.68 Å². The van der Waals surface area contributed by atoms with Crippen molar-refractivity contribution in [2.45, 2.75) is 6.04 Å². The van der Waals surface area contributed by atoms with Crippen LogP contribution in [0.5, 0.6) is 0 Å². The number of benzene rings is 1. The summed E-state index contributed by atoms with van der Waals surface area (Å²) in [5.74, 6) is -0.902. The number of rotatable bonds is 7. The van der Waals surface area contributed by atoms with Gasteiger partial charge in [0.05, 0.1) is 11.9 Å². The molecule has 21 heavy (non-hydrogen) atoms. The van der Waals surface area contributed by atoms with Crippen LogP contribution in [0.1, 0.15) is 11.6 Å². The predicted molar refractivity (Wildman–Crippen MR) is 80.5 cm³/mol. The molecule has 2 N–H and O–H groups in total. The molecule has 1 heterocycles. The monoisotopic (exact) mass is 288 g/mol. The van der Waals surface area contributed by atoms with Crippen LogP contribution in [-0.4, -0.2) is 52.9 Å². The molecule has 0 radical (unpaired) electrons. The molecule has 6 heteroatoms. The lowest BCUT2D eigenvalue weighted by Gasteiger charge is -2.15. The molecule has 0 bridgehead atoms. The Balaban J connectivity index is 2.11. The lowest BCUT2D eigenvalue weighted by Crippen LogP contribution is -2.33. The quantitative estimate of drug-likeness (QED) is 0.800. The SMILES string of the molecule is CN(C)CCNC(C(=O)O)c1cnn(-c2ccccc2)c1. The Kier molecular flexibility index (Phi) is 5.08. The Morgan fingerprint density at radius 1 is 1.38 bits per heavy atom. The number of aliphatic carboxylic acids is 1. The highest BCUT2D eigenvalue weighted by molar-refractivity contribution is 5.75. The van der Waals surface area contributed by atoms with Gasteiger partial charge in [-0.2, -0.15) is 5.10 Å². The van der Waals surface area contributed by atoms with E-state index in [4.69, 9.17) is 0 Å². The minimum Gasteiger partial charge on any atom is -0.480 e. The van der Waals surface area contributed by atoms with E-state index in [0.29, 0.717) is 12.1 Å². The highest BCUT2D eigenvalue weighted by Gasteiger charge is 2.20. The van der Waals surface area contributed by atoms with Crippen LogP contribution in [0.3, 0.4) is 0 Å². The van der Waals surface area contributed by atoms with Crippen molar-refractivity contribution in [1.82, 2.24) is 20.0 Å². The summed E-state index contributed by atoms with van der Waals surface area (Å²) >= 11 is 0. The summed E-state index contributed by atoms with van der Waals surface area (Å²) in [7, 11) is 3.90. The van der Waals surface area contributed by atoms with Crippen molar-refractivity contribution in [3.8, 4) is 5.69 Å². The van der Waals surface area contributed by atoms with Crippen molar-refractivity contribution in [2.75, 3.05) is 27.2 Å². The van der Waals surface area contributed by atoms with E-state index in [-0.39, 0.29) is 0 Å². The van der Waals surface area contributed by atoms with Gasteiger partial charge in [0.1, 0.15) is 6.04 Å². The number of para-hydroxylation sites is 1. The number of nitrogens with zero attached hydrogens (tertiary/aromatic N) is 3. The normalized spacial score (nSPS) is 12.5. The largest absolute Gasteiger partial charge is 0.480 e. The van der Waals surface area contributed by atoms with E-state index < -0.39 is 12.0 Å². The van der Waals surface area contributed by atoms with E-state index in [9.17, 15) is 9.90 Å². The predicted octanol–water partition coefficient (Wildman–Crippen LogP) is 1.15. The van der Waals surface area contributed by atoms with Crippen molar-refractivity contribution in [3.63, 3.8) is 0 Å². The Bertz CT molecular complexity index is 580. The third kappa shape index (κ3) is 4.14. The van der Waals surface area contributed by atoms with Crippen molar-refractivity contribution in [3.05, 3.63) is 48.3 Å². The third-order valence-corrected chi connectivity index (χ3v) is 3.11. The van der Waals surface area contributed by atoms with E-state index in [1.54, 1.807) is 17.1 Å². The molecule has 1 aromatic carbocycles. The number of aromatic nitrogens is 2. The number of carbonyl (C=O) groups is 1. The van der Waals surface area contributed by atoms with Gasteiger partial charge in [-0.1, -0.05) is 18.2 Å². The lowest BCUT2D eigenvalue weighted by molar-refractivity contribution is -0.139. The highest BCUT2D eigenvalue weighted by atomic mass is 16.4. The summed E-state index contributed by atoms with van der Waals surface area (Å²) < 4.78 is 1.68. The fourth-order valence-corrected chi connectivity index (χ4v) is 1.99. The van der Waals surface area contributed by atoms with Crippen molar-refractivity contribution >= 4 is 5.97 Å².